The Hall–Kier alpha value is -0.970. The second kappa shape index (κ2) is 6.69. The molecule has 4 heteroatoms. The van der Waals surface area contributed by atoms with Gasteiger partial charge in [-0.2, -0.15) is 0 Å². The molecule has 0 amide bonds. The van der Waals surface area contributed by atoms with E-state index < -0.39 is 0 Å². The smallest absolute Gasteiger partial charge is 0.123 e. The first kappa shape index (κ1) is 12.5. The molecule has 1 aliphatic heterocycles. The second-order valence-electron chi connectivity index (χ2n) is 4.32. The molecule has 3 nitrogen and oxygen atoms in total. The summed E-state index contributed by atoms with van der Waals surface area (Å²) < 4.78 is 18.1. The van der Waals surface area contributed by atoms with E-state index in [0.29, 0.717) is 6.04 Å². The van der Waals surface area contributed by atoms with Crippen LogP contribution in [0.5, 0.6) is 0 Å². The van der Waals surface area contributed by atoms with Crippen LogP contribution in [0.3, 0.4) is 0 Å². The van der Waals surface area contributed by atoms with E-state index in [2.05, 4.69) is 10.6 Å². The fraction of sp³-hybridized carbons (Fsp3) is 0.538. The third kappa shape index (κ3) is 4.42. The van der Waals surface area contributed by atoms with E-state index in [1.165, 1.54) is 12.1 Å². The van der Waals surface area contributed by atoms with E-state index in [4.69, 9.17) is 4.74 Å². The van der Waals surface area contributed by atoms with Crippen LogP contribution in [0.15, 0.2) is 24.3 Å². The topological polar surface area (TPSA) is 33.3 Å². The Kier molecular flexibility index (Phi) is 4.91. The number of hydrogen-bond donors (Lipinski definition) is 2. The first-order chi connectivity index (χ1) is 8.34. The van der Waals surface area contributed by atoms with Crippen molar-refractivity contribution in [3.63, 3.8) is 0 Å². The molecule has 0 bridgehead atoms. The number of hydrogen-bond acceptors (Lipinski definition) is 3. The van der Waals surface area contributed by atoms with Gasteiger partial charge in [0.05, 0.1) is 13.2 Å². The van der Waals surface area contributed by atoms with Gasteiger partial charge in [0.15, 0.2) is 0 Å². The lowest BCUT2D eigenvalue weighted by Crippen LogP contribution is -2.42. The van der Waals surface area contributed by atoms with Gasteiger partial charge in [0.25, 0.3) is 0 Å². The summed E-state index contributed by atoms with van der Waals surface area (Å²) in [6.45, 7) is 4.30. The van der Waals surface area contributed by atoms with Crippen LogP contribution in [0.25, 0.3) is 0 Å². The zero-order chi connectivity index (χ0) is 11.9. The molecular weight excluding hydrogens is 219 g/mol. The molecule has 1 fully saturated rings. The monoisotopic (exact) mass is 238 g/mol. The van der Waals surface area contributed by atoms with Crippen LogP contribution in [0, 0.1) is 5.82 Å². The normalized spacial score (nSPS) is 20.4. The van der Waals surface area contributed by atoms with Gasteiger partial charge in [0.2, 0.25) is 0 Å². The van der Waals surface area contributed by atoms with Crippen LogP contribution in [0.2, 0.25) is 0 Å². The summed E-state index contributed by atoms with van der Waals surface area (Å²) in [7, 11) is 0. The number of morpholine rings is 1. The van der Waals surface area contributed by atoms with E-state index in [-0.39, 0.29) is 5.82 Å². The number of nitrogens with one attached hydrogen (secondary N) is 2. The van der Waals surface area contributed by atoms with E-state index in [1.807, 2.05) is 12.1 Å². The highest BCUT2D eigenvalue weighted by molar-refractivity contribution is 5.15. The van der Waals surface area contributed by atoms with Gasteiger partial charge in [-0.05, 0) is 30.7 Å². The SMILES string of the molecule is Fc1ccc(CNCCC2COCCN2)cc1. The van der Waals surface area contributed by atoms with Crippen molar-refractivity contribution in [2.24, 2.45) is 0 Å². The highest BCUT2D eigenvalue weighted by atomic mass is 19.1. The number of ether oxygens (including phenoxy) is 1. The molecule has 0 aromatic heterocycles. The molecule has 17 heavy (non-hydrogen) atoms. The fourth-order valence-electron chi connectivity index (χ4n) is 1.92. The maximum Gasteiger partial charge on any atom is 0.123 e. The first-order valence-electron chi connectivity index (χ1n) is 6.11. The number of halogens is 1. The van der Waals surface area contributed by atoms with Crippen LogP contribution in [0.4, 0.5) is 4.39 Å². The summed E-state index contributed by atoms with van der Waals surface area (Å²) in [4.78, 5) is 0. The average molecular weight is 238 g/mol. The maximum absolute atomic E-state index is 12.7. The lowest BCUT2D eigenvalue weighted by Gasteiger charge is -2.23. The summed E-state index contributed by atoms with van der Waals surface area (Å²) in [5.74, 6) is -0.183. The number of benzene rings is 1. The molecule has 0 aliphatic carbocycles. The lowest BCUT2D eigenvalue weighted by atomic mass is 10.2. The zero-order valence-corrected chi connectivity index (χ0v) is 9.92. The maximum atomic E-state index is 12.7. The summed E-state index contributed by atoms with van der Waals surface area (Å²) in [6.07, 6.45) is 1.06. The van der Waals surface area contributed by atoms with E-state index in [0.717, 1.165) is 44.8 Å². The highest BCUT2D eigenvalue weighted by Gasteiger charge is 2.11. The summed E-state index contributed by atoms with van der Waals surface area (Å²) in [5.41, 5.74) is 1.11. The molecule has 94 valence electrons. The van der Waals surface area contributed by atoms with Gasteiger partial charge in [-0.15, -0.1) is 0 Å². The van der Waals surface area contributed by atoms with Gasteiger partial charge in [-0.1, -0.05) is 12.1 Å². The minimum absolute atomic E-state index is 0.183. The molecule has 0 spiro atoms. The van der Waals surface area contributed by atoms with Crippen molar-refractivity contribution >= 4 is 0 Å². The van der Waals surface area contributed by atoms with Crippen molar-refractivity contribution in [2.75, 3.05) is 26.3 Å². The van der Waals surface area contributed by atoms with E-state index in [9.17, 15) is 4.39 Å². The molecule has 1 unspecified atom stereocenters. The Balaban J connectivity index is 1.60. The van der Waals surface area contributed by atoms with Crippen molar-refractivity contribution < 1.29 is 9.13 Å². The predicted molar refractivity (Wildman–Crippen MR) is 65.3 cm³/mol. The van der Waals surface area contributed by atoms with Crippen LogP contribution >= 0.6 is 0 Å². The van der Waals surface area contributed by atoms with Crippen molar-refractivity contribution in [3.05, 3.63) is 35.6 Å². The van der Waals surface area contributed by atoms with Gasteiger partial charge in [0.1, 0.15) is 5.82 Å². The Morgan fingerprint density at radius 1 is 1.35 bits per heavy atom. The Morgan fingerprint density at radius 3 is 2.88 bits per heavy atom. The van der Waals surface area contributed by atoms with Gasteiger partial charge in [-0.3, -0.25) is 0 Å². The number of rotatable bonds is 5. The standard InChI is InChI=1S/C13H19FN2O/c14-12-3-1-11(2-4-12)9-15-6-5-13-10-17-8-7-16-13/h1-4,13,15-16H,5-10H2. The van der Waals surface area contributed by atoms with Crippen molar-refractivity contribution in [1.82, 2.24) is 10.6 Å². The molecular formula is C13H19FN2O. The van der Waals surface area contributed by atoms with Crippen LogP contribution in [-0.2, 0) is 11.3 Å². The summed E-state index contributed by atoms with van der Waals surface area (Å²) >= 11 is 0. The predicted octanol–water partition coefficient (Wildman–Crippen LogP) is 1.29. The molecule has 2 N–H and O–H groups in total. The minimum atomic E-state index is -0.183. The Labute approximate surface area is 101 Å². The second-order valence-corrected chi connectivity index (χ2v) is 4.32. The molecule has 1 saturated heterocycles. The average Bonchev–Trinajstić information content (AvgIpc) is 2.38. The third-order valence-electron chi connectivity index (χ3n) is 2.91. The summed E-state index contributed by atoms with van der Waals surface area (Å²) in [6, 6.07) is 7.07. The largest absolute Gasteiger partial charge is 0.379 e. The third-order valence-corrected chi connectivity index (χ3v) is 2.91. The molecule has 0 radical (unpaired) electrons. The van der Waals surface area contributed by atoms with Crippen molar-refractivity contribution in [2.45, 2.75) is 19.0 Å². The molecule has 0 saturated carbocycles. The molecule has 1 aromatic carbocycles. The van der Waals surface area contributed by atoms with Crippen molar-refractivity contribution in [1.29, 1.82) is 0 Å². The molecule has 1 aliphatic rings. The molecule has 2 rings (SSSR count). The first-order valence-corrected chi connectivity index (χ1v) is 6.11. The van der Waals surface area contributed by atoms with E-state index in [1.54, 1.807) is 0 Å². The van der Waals surface area contributed by atoms with E-state index >= 15 is 0 Å². The van der Waals surface area contributed by atoms with Crippen LogP contribution in [0.1, 0.15) is 12.0 Å². The summed E-state index contributed by atoms with van der Waals surface area (Å²) in [5, 5.41) is 6.76. The molecule has 1 atom stereocenters. The quantitative estimate of drug-likeness (QED) is 0.758. The van der Waals surface area contributed by atoms with Gasteiger partial charge in [-0.25, -0.2) is 4.39 Å². The highest BCUT2D eigenvalue weighted by Crippen LogP contribution is 2.02. The van der Waals surface area contributed by atoms with Crippen molar-refractivity contribution in [3.8, 4) is 0 Å². The van der Waals surface area contributed by atoms with Gasteiger partial charge >= 0.3 is 0 Å². The van der Waals surface area contributed by atoms with Gasteiger partial charge < -0.3 is 15.4 Å². The zero-order valence-electron chi connectivity index (χ0n) is 9.92. The fourth-order valence-corrected chi connectivity index (χ4v) is 1.92. The van der Waals surface area contributed by atoms with Crippen LogP contribution in [-0.4, -0.2) is 32.3 Å². The molecule has 1 aromatic rings. The van der Waals surface area contributed by atoms with Gasteiger partial charge in [0, 0.05) is 19.1 Å². The Bertz CT molecular complexity index is 323. The lowest BCUT2D eigenvalue weighted by molar-refractivity contribution is 0.0742. The Morgan fingerprint density at radius 2 is 2.18 bits per heavy atom. The minimum Gasteiger partial charge on any atom is -0.379 e. The van der Waals surface area contributed by atoms with Crippen LogP contribution < -0.4 is 10.6 Å². The molecule has 1 heterocycles.